The maximum Gasteiger partial charge on any atom is 0.0564 e. The summed E-state index contributed by atoms with van der Waals surface area (Å²) in [4.78, 5) is 3.99. The van der Waals surface area contributed by atoms with Gasteiger partial charge in [-0.2, -0.15) is 0 Å². The molecule has 0 amide bonds. The molecule has 1 aliphatic rings. The highest BCUT2D eigenvalue weighted by atomic mass is 32.1. The first kappa shape index (κ1) is 12.1. The molecule has 1 aromatic heterocycles. The van der Waals surface area contributed by atoms with Gasteiger partial charge in [-0.3, -0.25) is 4.90 Å². The maximum absolute atomic E-state index is 5.95. The van der Waals surface area contributed by atoms with E-state index in [9.17, 15) is 0 Å². The van der Waals surface area contributed by atoms with Crippen LogP contribution in [0.25, 0.3) is 0 Å². The van der Waals surface area contributed by atoms with E-state index in [1.807, 2.05) is 11.3 Å². The van der Waals surface area contributed by atoms with Crippen LogP contribution in [0, 0.1) is 11.8 Å². The number of nitrogens with two attached hydrogens (primary N) is 1. The smallest absolute Gasteiger partial charge is 0.0564 e. The number of piperidine rings is 1. The van der Waals surface area contributed by atoms with Crippen LogP contribution in [-0.2, 0) is 0 Å². The lowest BCUT2D eigenvalue weighted by Crippen LogP contribution is -2.43. The molecule has 3 unspecified atom stereocenters. The molecule has 1 saturated heterocycles. The lowest BCUT2D eigenvalue weighted by Gasteiger charge is -2.39. The van der Waals surface area contributed by atoms with E-state index in [4.69, 9.17) is 5.73 Å². The van der Waals surface area contributed by atoms with Crippen LogP contribution in [0.15, 0.2) is 17.5 Å². The fraction of sp³-hybridized carbons (Fsp3) is 0.692. The molecule has 2 heterocycles. The summed E-state index contributed by atoms with van der Waals surface area (Å²) >= 11 is 1.83. The fourth-order valence-corrected chi connectivity index (χ4v) is 3.77. The van der Waals surface area contributed by atoms with E-state index in [0.29, 0.717) is 6.04 Å². The molecule has 1 aliphatic heterocycles. The Morgan fingerprint density at radius 3 is 2.62 bits per heavy atom. The average Bonchev–Trinajstić information content (AvgIpc) is 2.70. The first-order valence-corrected chi connectivity index (χ1v) is 7.06. The van der Waals surface area contributed by atoms with Gasteiger partial charge in [0.1, 0.15) is 0 Å². The Bertz CT molecular complexity index is 300. The standard InChI is InChI=1S/C13H22N2S/c1-10-6-11(2)9-15(8-10)12(7-14)13-4-3-5-16-13/h3-5,10-12H,6-9,14H2,1-2H3. The molecule has 1 aromatic rings. The Labute approximate surface area is 102 Å². The molecule has 16 heavy (non-hydrogen) atoms. The molecule has 0 radical (unpaired) electrons. The van der Waals surface area contributed by atoms with E-state index in [1.165, 1.54) is 24.4 Å². The van der Waals surface area contributed by atoms with Crippen LogP contribution in [0.5, 0.6) is 0 Å². The Balaban J connectivity index is 2.09. The van der Waals surface area contributed by atoms with Crippen molar-refractivity contribution >= 4 is 11.3 Å². The molecule has 1 fully saturated rings. The van der Waals surface area contributed by atoms with E-state index in [-0.39, 0.29) is 0 Å². The second-order valence-electron chi connectivity index (χ2n) is 5.17. The number of hydrogen-bond donors (Lipinski definition) is 1. The Morgan fingerprint density at radius 1 is 1.44 bits per heavy atom. The van der Waals surface area contributed by atoms with E-state index in [0.717, 1.165) is 18.4 Å². The normalized spacial score (nSPS) is 29.2. The Morgan fingerprint density at radius 2 is 2.12 bits per heavy atom. The highest BCUT2D eigenvalue weighted by Crippen LogP contribution is 2.30. The molecule has 90 valence electrons. The SMILES string of the molecule is CC1CC(C)CN(C(CN)c2cccs2)C1. The van der Waals surface area contributed by atoms with Crippen molar-refractivity contribution in [1.82, 2.24) is 4.90 Å². The van der Waals surface area contributed by atoms with Gasteiger partial charge in [0.2, 0.25) is 0 Å². The molecular weight excluding hydrogens is 216 g/mol. The molecule has 0 aliphatic carbocycles. The summed E-state index contributed by atoms with van der Waals surface area (Å²) in [5.74, 6) is 1.61. The molecule has 0 aromatic carbocycles. The van der Waals surface area contributed by atoms with E-state index in [2.05, 4.69) is 36.3 Å². The molecule has 2 N–H and O–H groups in total. The van der Waals surface area contributed by atoms with Crippen LogP contribution in [0.3, 0.4) is 0 Å². The summed E-state index contributed by atoms with van der Waals surface area (Å²) in [5.41, 5.74) is 5.95. The summed E-state index contributed by atoms with van der Waals surface area (Å²) in [6, 6.07) is 4.77. The van der Waals surface area contributed by atoms with Crippen LogP contribution in [0.2, 0.25) is 0 Å². The quantitative estimate of drug-likeness (QED) is 0.877. The van der Waals surface area contributed by atoms with Crippen LogP contribution < -0.4 is 5.73 Å². The maximum atomic E-state index is 5.95. The van der Waals surface area contributed by atoms with E-state index < -0.39 is 0 Å². The van der Waals surface area contributed by atoms with Crippen LogP contribution >= 0.6 is 11.3 Å². The van der Waals surface area contributed by atoms with Crippen molar-refractivity contribution < 1.29 is 0 Å². The molecule has 2 rings (SSSR count). The van der Waals surface area contributed by atoms with E-state index in [1.54, 1.807) is 0 Å². The Hall–Kier alpha value is -0.380. The average molecular weight is 238 g/mol. The van der Waals surface area contributed by atoms with Crippen molar-refractivity contribution in [3.05, 3.63) is 22.4 Å². The zero-order chi connectivity index (χ0) is 11.5. The van der Waals surface area contributed by atoms with Crippen molar-refractivity contribution in [2.45, 2.75) is 26.3 Å². The molecule has 0 bridgehead atoms. The first-order chi connectivity index (χ1) is 7.70. The van der Waals surface area contributed by atoms with Crippen molar-refractivity contribution in [2.24, 2.45) is 17.6 Å². The van der Waals surface area contributed by atoms with Crippen molar-refractivity contribution in [1.29, 1.82) is 0 Å². The van der Waals surface area contributed by atoms with E-state index >= 15 is 0 Å². The largest absolute Gasteiger partial charge is 0.329 e. The van der Waals surface area contributed by atoms with Gasteiger partial charge in [-0.1, -0.05) is 19.9 Å². The summed E-state index contributed by atoms with van der Waals surface area (Å²) in [7, 11) is 0. The predicted molar refractivity (Wildman–Crippen MR) is 70.6 cm³/mol. The lowest BCUT2D eigenvalue weighted by molar-refractivity contribution is 0.0999. The number of nitrogens with zero attached hydrogens (tertiary/aromatic N) is 1. The summed E-state index contributed by atoms with van der Waals surface area (Å²) in [6.45, 7) is 7.84. The minimum absolute atomic E-state index is 0.435. The van der Waals surface area contributed by atoms with Crippen LogP contribution in [-0.4, -0.2) is 24.5 Å². The fourth-order valence-electron chi connectivity index (χ4n) is 2.89. The third-order valence-electron chi connectivity index (χ3n) is 3.43. The monoisotopic (exact) mass is 238 g/mol. The molecule has 3 atom stereocenters. The first-order valence-electron chi connectivity index (χ1n) is 6.18. The Kier molecular flexibility index (Phi) is 4.00. The molecule has 0 saturated carbocycles. The van der Waals surface area contributed by atoms with Gasteiger partial charge in [0, 0.05) is 24.5 Å². The van der Waals surface area contributed by atoms with Gasteiger partial charge in [0.15, 0.2) is 0 Å². The minimum atomic E-state index is 0.435. The minimum Gasteiger partial charge on any atom is -0.329 e. The zero-order valence-electron chi connectivity index (χ0n) is 10.2. The molecule has 2 nitrogen and oxygen atoms in total. The highest BCUT2D eigenvalue weighted by molar-refractivity contribution is 7.10. The second kappa shape index (κ2) is 5.30. The van der Waals surface area contributed by atoms with Crippen molar-refractivity contribution in [3.8, 4) is 0 Å². The number of hydrogen-bond acceptors (Lipinski definition) is 3. The number of likely N-dealkylation sites (tertiary alicyclic amines) is 1. The van der Waals surface area contributed by atoms with Crippen molar-refractivity contribution in [3.63, 3.8) is 0 Å². The molecular formula is C13H22N2S. The zero-order valence-corrected chi connectivity index (χ0v) is 11.0. The van der Waals surface area contributed by atoms with Gasteiger partial charge < -0.3 is 5.73 Å². The van der Waals surface area contributed by atoms with Gasteiger partial charge in [-0.25, -0.2) is 0 Å². The van der Waals surface area contributed by atoms with Crippen molar-refractivity contribution in [2.75, 3.05) is 19.6 Å². The summed E-state index contributed by atoms with van der Waals surface area (Å²) in [5, 5.41) is 2.15. The summed E-state index contributed by atoms with van der Waals surface area (Å²) < 4.78 is 0. The van der Waals surface area contributed by atoms with Gasteiger partial charge in [-0.05, 0) is 29.7 Å². The van der Waals surface area contributed by atoms with Gasteiger partial charge in [-0.15, -0.1) is 11.3 Å². The summed E-state index contributed by atoms with van der Waals surface area (Å²) in [6.07, 6.45) is 1.36. The van der Waals surface area contributed by atoms with Gasteiger partial charge in [0.05, 0.1) is 6.04 Å². The second-order valence-corrected chi connectivity index (χ2v) is 6.15. The van der Waals surface area contributed by atoms with Gasteiger partial charge in [0.25, 0.3) is 0 Å². The topological polar surface area (TPSA) is 29.3 Å². The lowest BCUT2D eigenvalue weighted by atomic mass is 9.90. The molecule has 0 spiro atoms. The van der Waals surface area contributed by atoms with Crippen LogP contribution in [0.1, 0.15) is 31.2 Å². The molecule has 3 heteroatoms. The number of thiophene rings is 1. The third kappa shape index (κ3) is 2.65. The third-order valence-corrected chi connectivity index (χ3v) is 4.41. The predicted octanol–water partition coefficient (Wildman–Crippen LogP) is 2.73. The van der Waals surface area contributed by atoms with Crippen LogP contribution in [0.4, 0.5) is 0 Å². The van der Waals surface area contributed by atoms with Gasteiger partial charge >= 0.3 is 0 Å². The highest BCUT2D eigenvalue weighted by Gasteiger charge is 2.27. The number of rotatable bonds is 3.